The van der Waals surface area contributed by atoms with E-state index in [9.17, 15) is 15.0 Å². The molecule has 1 aromatic heterocycles. The molecule has 0 unspecified atom stereocenters. The molecule has 3 rings (SSSR count). The standard InChI is InChI=1S/C13H16N4O3/c1-13(20)4-5-17(7-11(13)18)12(19)8-2-3-9-10(6-8)15-16-14-9/h2-3,6,11,18,20H,4-5,7H2,1H3,(H,14,15,16)/t11-,13+/m0/s1. The summed E-state index contributed by atoms with van der Waals surface area (Å²) in [6.45, 7) is 2.13. The number of nitrogens with one attached hydrogen (secondary N) is 1. The lowest BCUT2D eigenvalue weighted by Gasteiger charge is -2.39. The normalized spacial score (nSPS) is 26.9. The minimum absolute atomic E-state index is 0.128. The minimum Gasteiger partial charge on any atom is -0.388 e. The van der Waals surface area contributed by atoms with Crippen LogP contribution in [0.4, 0.5) is 0 Å². The number of likely N-dealkylation sites (tertiary alicyclic amines) is 1. The number of fused-ring (bicyclic) bond motifs is 1. The van der Waals surface area contributed by atoms with Crippen LogP contribution >= 0.6 is 0 Å². The van der Waals surface area contributed by atoms with E-state index in [1.165, 1.54) is 0 Å². The van der Waals surface area contributed by atoms with Crippen molar-refractivity contribution in [2.75, 3.05) is 13.1 Å². The SMILES string of the molecule is C[C@@]1(O)CCN(C(=O)c2ccc3n[nH]nc3c2)C[C@@H]1O. The molecule has 7 nitrogen and oxygen atoms in total. The number of amides is 1. The van der Waals surface area contributed by atoms with Gasteiger partial charge in [0.25, 0.3) is 5.91 Å². The van der Waals surface area contributed by atoms with Crippen LogP contribution < -0.4 is 0 Å². The zero-order chi connectivity index (χ0) is 14.3. The Balaban J connectivity index is 1.82. The fourth-order valence-electron chi connectivity index (χ4n) is 2.36. The van der Waals surface area contributed by atoms with E-state index in [0.29, 0.717) is 29.6 Å². The maximum atomic E-state index is 12.4. The third-order valence-electron chi connectivity index (χ3n) is 3.85. The zero-order valence-corrected chi connectivity index (χ0v) is 11.1. The Labute approximate surface area is 115 Å². The van der Waals surface area contributed by atoms with Crippen LogP contribution in [0.2, 0.25) is 0 Å². The lowest BCUT2D eigenvalue weighted by molar-refractivity contribution is -0.0999. The molecule has 0 saturated carbocycles. The topological polar surface area (TPSA) is 102 Å². The van der Waals surface area contributed by atoms with Crippen molar-refractivity contribution in [2.45, 2.75) is 25.0 Å². The average molecular weight is 276 g/mol. The number of aliphatic hydroxyl groups is 2. The molecule has 1 aliphatic rings. The van der Waals surface area contributed by atoms with Crippen LogP contribution in [0.3, 0.4) is 0 Å². The summed E-state index contributed by atoms with van der Waals surface area (Å²) < 4.78 is 0. The summed E-state index contributed by atoms with van der Waals surface area (Å²) in [7, 11) is 0. The molecule has 20 heavy (non-hydrogen) atoms. The molecule has 2 atom stereocenters. The molecule has 0 radical (unpaired) electrons. The fraction of sp³-hybridized carbons (Fsp3) is 0.462. The summed E-state index contributed by atoms with van der Waals surface area (Å²) >= 11 is 0. The first-order valence-corrected chi connectivity index (χ1v) is 6.47. The minimum atomic E-state index is -1.13. The van der Waals surface area contributed by atoms with Gasteiger partial charge in [-0.15, -0.1) is 0 Å². The number of carbonyl (C=O) groups excluding carboxylic acids is 1. The van der Waals surface area contributed by atoms with E-state index >= 15 is 0 Å². The first kappa shape index (κ1) is 13.0. The molecule has 1 amide bonds. The van der Waals surface area contributed by atoms with Crippen molar-refractivity contribution in [3.05, 3.63) is 23.8 Å². The molecule has 0 bridgehead atoms. The molecule has 0 spiro atoms. The van der Waals surface area contributed by atoms with Crippen LogP contribution in [0.25, 0.3) is 11.0 Å². The average Bonchev–Trinajstić information content (AvgIpc) is 2.88. The lowest BCUT2D eigenvalue weighted by atomic mass is 9.90. The highest BCUT2D eigenvalue weighted by Crippen LogP contribution is 2.23. The van der Waals surface area contributed by atoms with Gasteiger partial charge in [0.1, 0.15) is 11.0 Å². The number of nitrogens with zero attached hydrogens (tertiary/aromatic N) is 3. The highest BCUT2D eigenvalue weighted by atomic mass is 16.3. The van der Waals surface area contributed by atoms with Gasteiger partial charge in [0.15, 0.2) is 0 Å². The number of H-pyrrole nitrogens is 1. The Morgan fingerprint density at radius 3 is 2.95 bits per heavy atom. The summed E-state index contributed by atoms with van der Waals surface area (Å²) in [4.78, 5) is 13.9. The van der Waals surface area contributed by atoms with E-state index in [-0.39, 0.29) is 12.5 Å². The zero-order valence-electron chi connectivity index (χ0n) is 11.1. The predicted octanol–water partition coefficient (Wildman–Crippen LogP) is -0.0843. The van der Waals surface area contributed by atoms with Gasteiger partial charge >= 0.3 is 0 Å². The first-order valence-electron chi connectivity index (χ1n) is 6.47. The third kappa shape index (κ3) is 2.14. The van der Waals surface area contributed by atoms with E-state index in [1.807, 2.05) is 0 Å². The van der Waals surface area contributed by atoms with Crippen molar-refractivity contribution >= 4 is 16.9 Å². The van der Waals surface area contributed by atoms with Gasteiger partial charge in [-0.2, -0.15) is 15.4 Å². The molecule has 1 aromatic carbocycles. The van der Waals surface area contributed by atoms with Gasteiger partial charge in [-0.3, -0.25) is 4.79 Å². The monoisotopic (exact) mass is 276 g/mol. The third-order valence-corrected chi connectivity index (χ3v) is 3.85. The van der Waals surface area contributed by atoms with Crippen LogP contribution in [0.5, 0.6) is 0 Å². The molecule has 2 aromatic rings. The van der Waals surface area contributed by atoms with Crippen molar-refractivity contribution in [3.63, 3.8) is 0 Å². The summed E-state index contributed by atoms with van der Waals surface area (Å²) in [5.74, 6) is -0.176. The van der Waals surface area contributed by atoms with E-state index in [0.717, 1.165) is 0 Å². The van der Waals surface area contributed by atoms with E-state index in [4.69, 9.17) is 0 Å². The Morgan fingerprint density at radius 2 is 2.20 bits per heavy atom. The molecule has 0 aliphatic carbocycles. The molecule has 7 heteroatoms. The summed E-state index contributed by atoms with van der Waals surface area (Å²) in [6.07, 6.45) is -0.581. The van der Waals surface area contributed by atoms with Crippen LogP contribution in [0.15, 0.2) is 18.2 Å². The number of aromatic amines is 1. The second kappa shape index (κ2) is 4.53. The van der Waals surface area contributed by atoms with Crippen molar-refractivity contribution in [3.8, 4) is 0 Å². The molecular weight excluding hydrogens is 260 g/mol. The number of aromatic nitrogens is 3. The predicted molar refractivity (Wildman–Crippen MR) is 71.0 cm³/mol. The molecule has 1 fully saturated rings. The number of carbonyl (C=O) groups is 1. The second-order valence-electron chi connectivity index (χ2n) is 5.40. The van der Waals surface area contributed by atoms with E-state index < -0.39 is 11.7 Å². The van der Waals surface area contributed by atoms with E-state index in [2.05, 4.69) is 15.4 Å². The van der Waals surface area contributed by atoms with Gasteiger partial charge in [-0.25, -0.2) is 0 Å². The van der Waals surface area contributed by atoms with Gasteiger partial charge in [-0.1, -0.05) is 0 Å². The second-order valence-corrected chi connectivity index (χ2v) is 5.40. The number of β-amino-alcohol motifs (C(OH)–C–C–N with tert-alkyl or cyclic N) is 1. The maximum absolute atomic E-state index is 12.4. The van der Waals surface area contributed by atoms with Gasteiger partial charge in [0.2, 0.25) is 0 Å². The summed E-state index contributed by atoms with van der Waals surface area (Å²) in [5.41, 5.74) is 0.691. The van der Waals surface area contributed by atoms with Crippen LogP contribution in [0, 0.1) is 0 Å². The molecular formula is C13H16N4O3. The number of benzene rings is 1. The Hall–Kier alpha value is -1.99. The summed E-state index contributed by atoms with van der Waals surface area (Å²) in [6, 6.07) is 5.08. The van der Waals surface area contributed by atoms with Crippen LogP contribution in [-0.2, 0) is 0 Å². The van der Waals surface area contributed by atoms with Crippen LogP contribution in [0.1, 0.15) is 23.7 Å². The Bertz CT molecular complexity index is 652. The molecule has 1 aliphatic heterocycles. The number of piperidine rings is 1. The molecule has 2 heterocycles. The number of rotatable bonds is 1. The smallest absolute Gasteiger partial charge is 0.254 e. The highest BCUT2D eigenvalue weighted by molar-refractivity contribution is 5.97. The number of hydrogen-bond acceptors (Lipinski definition) is 5. The number of hydrogen-bond donors (Lipinski definition) is 3. The van der Waals surface area contributed by atoms with E-state index in [1.54, 1.807) is 30.0 Å². The quantitative estimate of drug-likeness (QED) is 0.676. The number of aliphatic hydroxyl groups excluding tert-OH is 1. The van der Waals surface area contributed by atoms with Gasteiger partial charge < -0.3 is 15.1 Å². The van der Waals surface area contributed by atoms with Gasteiger partial charge in [-0.05, 0) is 31.5 Å². The van der Waals surface area contributed by atoms with Gasteiger partial charge in [0, 0.05) is 18.7 Å². The Kier molecular flexibility index (Phi) is 2.95. The molecule has 3 N–H and O–H groups in total. The van der Waals surface area contributed by atoms with Crippen molar-refractivity contribution in [1.82, 2.24) is 20.3 Å². The van der Waals surface area contributed by atoms with Crippen LogP contribution in [-0.4, -0.2) is 61.2 Å². The molecule has 106 valence electrons. The lowest BCUT2D eigenvalue weighted by Crippen LogP contribution is -2.55. The maximum Gasteiger partial charge on any atom is 0.254 e. The first-order chi connectivity index (χ1) is 9.47. The van der Waals surface area contributed by atoms with Crippen molar-refractivity contribution in [1.29, 1.82) is 0 Å². The van der Waals surface area contributed by atoms with Crippen molar-refractivity contribution < 1.29 is 15.0 Å². The highest BCUT2D eigenvalue weighted by Gasteiger charge is 2.38. The van der Waals surface area contributed by atoms with Crippen molar-refractivity contribution in [2.24, 2.45) is 0 Å². The summed E-state index contributed by atoms with van der Waals surface area (Å²) in [5, 5.41) is 30.2. The Morgan fingerprint density at radius 1 is 1.45 bits per heavy atom. The molecule has 1 saturated heterocycles. The van der Waals surface area contributed by atoms with Gasteiger partial charge in [0.05, 0.1) is 11.7 Å². The largest absolute Gasteiger partial charge is 0.388 e. The fourth-order valence-corrected chi connectivity index (χ4v) is 2.36.